The molecule has 0 amide bonds. The summed E-state index contributed by atoms with van der Waals surface area (Å²) < 4.78 is 13.0. The van der Waals surface area contributed by atoms with Gasteiger partial charge < -0.3 is 14.8 Å². The van der Waals surface area contributed by atoms with Crippen molar-refractivity contribution in [2.24, 2.45) is 0 Å². The van der Waals surface area contributed by atoms with Crippen LogP contribution in [0.15, 0.2) is 116 Å². The number of para-hydroxylation sites is 3. The molecule has 0 saturated heterocycles. The molecule has 0 N–H and O–H groups in total. The molecule has 6 rings (SSSR count). The van der Waals surface area contributed by atoms with Gasteiger partial charge in [0, 0.05) is 33.8 Å². The second-order valence-electron chi connectivity index (χ2n) is 7.19. The Bertz CT molecular complexity index is 1290. The molecule has 0 bridgehead atoms. The number of anilines is 2. The average Bonchev–Trinajstić information content (AvgIpc) is 3.46. The van der Waals surface area contributed by atoms with Gasteiger partial charge in [0.2, 0.25) is 0 Å². The molecule has 0 atom stereocenters. The molecule has 2 heterocycles. The number of benzene rings is 4. The van der Waals surface area contributed by atoms with Gasteiger partial charge >= 0.3 is 0 Å². The summed E-state index contributed by atoms with van der Waals surface area (Å²) in [6.45, 7) is 2.07. The molecule has 1 aliphatic rings. The fraction of sp³-hybridized carbons (Fsp3) is 0. The molecule has 4 aromatic carbocycles. The van der Waals surface area contributed by atoms with Gasteiger partial charge in [-0.15, -0.1) is 17.7 Å². The fourth-order valence-electron chi connectivity index (χ4n) is 3.61. The third-order valence-corrected chi connectivity index (χ3v) is 5.14. The van der Waals surface area contributed by atoms with Crippen LogP contribution in [0.25, 0.3) is 21.8 Å². The first-order chi connectivity index (χ1) is 15.3. The predicted molar refractivity (Wildman–Crippen MR) is 126 cm³/mol. The van der Waals surface area contributed by atoms with Gasteiger partial charge in [-0.2, -0.15) is 0 Å². The average molecular weight is 602 g/mol. The Balaban J connectivity index is 0.000000151. The molecule has 5 aromatic rings. The monoisotopic (exact) mass is 602 g/mol. The molecule has 0 fully saturated rings. The molecular weight excluding hydrogens is 582 g/mol. The zero-order valence-electron chi connectivity index (χ0n) is 17.1. The van der Waals surface area contributed by atoms with Crippen molar-refractivity contribution in [1.82, 2.24) is 4.98 Å². The molecular formula is C27H20AuFN3-2. The first-order valence-corrected chi connectivity index (χ1v) is 10.1. The van der Waals surface area contributed by atoms with Gasteiger partial charge in [0.25, 0.3) is 0 Å². The Kier molecular flexibility index (Phi) is 6.76. The molecule has 0 spiro atoms. The number of hydrogen-bond donors (Lipinski definition) is 0. The smallest absolute Gasteiger partial charge is 0.123 e. The summed E-state index contributed by atoms with van der Waals surface area (Å²) in [7, 11) is 0. The number of hydrogen-bond acceptors (Lipinski definition) is 2. The van der Waals surface area contributed by atoms with Crippen molar-refractivity contribution in [1.29, 1.82) is 0 Å². The minimum absolute atomic E-state index is 0. The SMILES string of the molecule is C1=CN(c2ccccc2)[CH-]N1c1ccccc1.Fc1ccc2[n-]c3ccccc3c2c1.[Au]. The van der Waals surface area contributed by atoms with Gasteiger partial charge in [0.15, 0.2) is 0 Å². The molecule has 3 nitrogen and oxygen atoms in total. The van der Waals surface area contributed by atoms with E-state index in [4.69, 9.17) is 0 Å². The van der Waals surface area contributed by atoms with Crippen molar-refractivity contribution >= 4 is 33.2 Å². The van der Waals surface area contributed by atoms with Crippen LogP contribution < -0.4 is 14.8 Å². The second-order valence-corrected chi connectivity index (χ2v) is 7.19. The predicted octanol–water partition coefficient (Wildman–Crippen LogP) is 6.69. The van der Waals surface area contributed by atoms with Crippen LogP contribution in [0.3, 0.4) is 0 Å². The molecule has 0 aliphatic carbocycles. The van der Waals surface area contributed by atoms with Gasteiger partial charge in [-0.1, -0.05) is 66.7 Å². The van der Waals surface area contributed by atoms with Gasteiger partial charge in [-0.05, 0) is 59.6 Å². The van der Waals surface area contributed by atoms with Gasteiger partial charge in [-0.25, -0.2) is 4.39 Å². The van der Waals surface area contributed by atoms with E-state index in [0.29, 0.717) is 0 Å². The van der Waals surface area contributed by atoms with E-state index in [2.05, 4.69) is 58.1 Å². The van der Waals surface area contributed by atoms with Crippen LogP contribution in [0.4, 0.5) is 15.8 Å². The minimum atomic E-state index is -0.212. The largest absolute Gasteiger partial charge is 0.657 e. The van der Waals surface area contributed by atoms with Crippen LogP contribution in [-0.4, -0.2) is 0 Å². The summed E-state index contributed by atoms with van der Waals surface area (Å²) in [4.78, 5) is 8.60. The number of rotatable bonds is 2. The Labute approximate surface area is 202 Å². The van der Waals surface area contributed by atoms with E-state index in [-0.39, 0.29) is 28.2 Å². The van der Waals surface area contributed by atoms with Gasteiger partial charge in [0.05, 0.1) is 0 Å². The summed E-state index contributed by atoms with van der Waals surface area (Å²) in [5.74, 6) is -0.212. The second kappa shape index (κ2) is 9.88. The van der Waals surface area contributed by atoms with Crippen molar-refractivity contribution in [2.45, 2.75) is 0 Å². The Hall–Kier alpha value is -3.31. The zero-order valence-corrected chi connectivity index (χ0v) is 19.2. The summed E-state index contributed by atoms with van der Waals surface area (Å²) in [5.41, 5.74) is 4.12. The van der Waals surface area contributed by atoms with Crippen molar-refractivity contribution in [3.05, 3.63) is 128 Å². The standard InChI is InChI=1S/C15H13N2.C12H7FN.Au/c1-3-7-14(8-4-1)16-11-12-17(13-16)15-9-5-2-6-10-15;13-8-5-6-12-10(7-8)9-3-1-2-4-11(9)14-12;/h1-13H;1-7H;/q2*-1;. The normalized spacial score (nSPS) is 12.5. The maximum absolute atomic E-state index is 13.0. The number of fused-ring (bicyclic) bond motifs is 3. The third kappa shape index (κ3) is 4.63. The first kappa shape index (κ1) is 21.9. The number of nitrogens with zero attached hydrogens (tertiary/aromatic N) is 3. The first-order valence-electron chi connectivity index (χ1n) is 10.1. The summed E-state index contributed by atoms with van der Waals surface area (Å²) in [5, 5.41) is 1.91. The molecule has 163 valence electrons. The van der Waals surface area contributed by atoms with Crippen molar-refractivity contribution < 1.29 is 26.8 Å². The summed E-state index contributed by atoms with van der Waals surface area (Å²) in [6.07, 6.45) is 4.12. The van der Waals surface area contributed by atoms with E-state index in [1.807, 2.05) is 60.7 Å². The number of halogens is 1. The fourth-order valence-corrected chi connectivity index (χ4v) is 3.61. The minimum Gasteiger partial charge on any atom is -0.657 e. The van der Waals surface area contributed by atoms with Crippen LogP contribution in [0, 0.1) is 12.5 Å². The maximum atomic E-state index is 13.0. The summed E-state index contributed by atoms with van der Waals surface area (Å²) in [6, 6.07) is 33.1. The van der Waals surface area contributed by atoms with E-state index in [0.717, 1.165) is 21.8 Å². The molecule has 1 aromatic heterocycles. The molecule has 1 radical (unpaired) electrons. The molecule has 0 unspecified atom stereocenters. The summed E-state index contributed by atoms with van der Waals surface area (Å²) >= 11 is 0. The van der Waals surface area contributed by atoms with Gasteiger partial charge in [-0.3, -0.25) is 0 Å². The van der Waals surface area contributed by atoms with E-state index < -0.39 is 0 Å². The van der Waals surface area contributed by atoms with Crippen LogP contribution in [0.2, 0.25) is 0 Å². The molecule has 1 aliphatic heterocycles. The maximum Gasteiger partial charge on any atom is 0.123 e. The van der Waals surface area contributed by atoms with Crippen molar-refractivity contribution in [2.75, 3.05) is 9.80 Å². The van der Waals surface area contributed by atoms with Crippen LogP contribution in [-0.2, 0) is 22.4 Å². The van der Waals surface area contributed by atoms with E-state index in [1.165, 1.54) is 23.5 Å². The van der Waals surface area contributed by atoms with Gasteiger partial charge in [0.1, 0.15) is 5.82 Å². The Morgan fingerprint density at radius 1 is 0.594 bits per heavy atom. The van der Waals surface area contributed by atoms with E-state index >= 15 is 0 Å². The van der Waals surface area contributed by atoms with Crippen LogP contribution in [0.1, 0.15) is 0 Å². The topological polar surface area (TPSA) is 20.6 Å². The Morgan fingerprint density at radius 3 is 1.75 bits per heavy atom. The molecule has 32 heavy (non-hydrogen) atoms. The van der Waals surface area contributed by atoms with Crippen molar-refractivity contribution in [3.8, 4) is 0 Å². The number of aromatic nitrogens is 1. The molecule has 0 saturated carbocycles. The molecule has 5 heteroatoms. The Morgan fingerprint density at radius 2 is 1.12 bits per heavy atom. The van der Waals surface area contributed by atoms with Crippen molar-refractivity contribution in [3.63, 3.8) is 0 Å². The van der Waals surface area contributed by atoms with Crippen LogP contribution in [0.5, 0.6) is 0 Å². The zero-order chi connectivity index (χ0) is 21.0. The third-order valence-electron chi connectivity index (χ3n) is 5.14. The van der Waals surface area contributed by atoms with E-state index in [1.54, 1.807) is 6.07 Å². The van der Waals surface area contributed by atoms with Crippen LogP contribution >= 0.6 is 0 Å². The quantitative estimate of drug-likeness (QED) is 0.166. The van der Waals surface area contributed by atoms with E-state index in [9.17, 15) is 4.39 Å².